The number of nitrogen functional groups attached to an aromatic ring is 1. The number of nitrogens with one attached hydrogen (secondary N) is 1. The fourth-order valence-corrected chi connectivity index (χ4v) is 5.47. The molecular weight excluding hydrogens is 488 g/mol. The van der Waals surface area contributed by atoms with Gasteiger partial charge >= 0.3 is 0 Å². The summed E-state index contributed by atoms with van der Waals surface area (Å²) in [6.45, 7) is 8.06. The van der Waals surface area contributed by atoms with Crippen molar-refractivity contribution in [2.24, 2.45) is 0 Å². The van der Waals surface area contributed by atoms with Crippen LogP contribution in [0, 0.1) is 6.92 Å². The predicted octanol–water partition coefficient (Wildman–Crippen LogP) is 4.60. The number of halogens is 1. The van der Waals surface area contributed by atoms with Crippen molar-refractivity contribution in [3.05, 3.63) is 47.8 Å². The van der Waals surface area contributed by atoms with Crippen LogP contribution in [-0.4, -0.2) is 35.8 Å². The van der Waals surface area contributed by atoms with Gasteiger partial charge in [0.25, 0.3) is 0 Å². The summed E-state index contributed by atoms with van der Waals surface area (Å²) in [5, 5.41) is 13.9. The highest BCUT2D eigenvalue weighted by molar-refractivity contribution is 7.89. The van der Waals surface area contributed by atoms with Gasteiger partial charge in [-0.25, -0.2) is 18.1 Å². The van der Waals surface area contributed by atoms with Gasteiger partial charge < -0.3 is 15.4 Å². The van der Waals surface area contributed by atoms with Gasteiger partial charge in [0.15, 0.2) is 5.76 Å². The lowest BCUT2D eigenvalue weighted by Crippen LogP contribution is -2.38. The SMILES string of the molecule is Cc1ccc(S(=O)(=O)N[C@H]2CC[C@H](O)CC2)cc1-c1cnc(N)c(-c2cc(C(C)(C)C)no2)c1.Cl. The molecule has 8 nitrogen and oxygen atoms in total. The normalized spacial score (nSPS) is 18.8. The highest BCUT2D eigenvalue weighted by atomic mass is 35.5. The Bertz CT molecular complexity index is 1290. The van der Waals surface area contributed by atoms with Crippen molar-refractivity contribution in [3.8, 4) is 22.5 Å². The van der Waals surface area contributed by atoms with Crippen LogP contribution in [-0.2, 0) is 15.4 Å². The van der Waals surface area contributed by atoms with Gasteiger partial charge in [-0.1, -0.05) is 32.0 Å². The van der Waals surface area contributed by atoms with E-state index in [1.807, 2.05) is 39.8 Å². The first-order chi connectivity index (χ1) is 15.9. The molecule has 0 atom stereocenters. The Morgan fingerprint density at radius 1 is 1.09 bits per heavy atom. The minimum Gasteiger partial charge on any atom is -0.393 e. The lowest BCUT2D eigenvalue weighted by Gasteiger charge is -2.26. The first-order valence-electron chi connectivity index (χ1n) is 11.5. The number of aliphatic hydroxyl groups is 1. The molecule has 0 saturated heterocycles. The highest BCUT2D eigenvalue weighted by Gasteiger charge is 2.26. The van der Waals surface area contributed by atoms with E-state index in [1.54, 1.807) is 24.4 Å². The van der Waals surface area contributed by atoms with E-state index in [0.29, 0.717) is 42.8 Å². The van der Waals surface area contributed by atoms with Crippen LogP contribution in [0.2, 0.25) is 0 Å². The van der Waals surface area contributed by atoms with Gasteiger partial charge in [-0.2, -0.15) is 0 Å². The van der Waals surface area contributed by atoms with E-state index in [0.717, 1.165) is 22.4 Å². The Hall–Kier alpha value is -2.46. The second kappa shape index (κ2) is 10.3. The molecule has 1 fully saturated rings. The number of aryl methyl sites for hydroxylation is 1. The smallest absolute Gasteiger partial charge is 0.240 e. The zero-order chi connectivity index (χ0) is 24.7. The molecule has 1 aliphatic rings. The quantitative estimate of drug-likeness (QED) is 0.448. The number of hydrogen-bond donors (Lipinski definition) is 3. The lowest BCUT2D eigenvalue weighted by molar-refractivity contribution is 0.120. The largest absolute Gasteiger partial charge is 0.393 e. The molecule has 0 spiro atoms. The highest BCUT2D eigenvalue weighted by Crippen LogP contribution is 2.34. The topological polar surface area (TPSA) is 131 Å². The molecular formula is C25H33ClN4O4S. The maximum Gasteiger partial charge on any atom is 0.240 e. The molecule has 1 aromatic carbocycles. The summed E-state index contributed by atoms with van der Waals surface area (Å²) >= 11 is 0. The molecule has 190 valence electrons. The van der Waals surface area contributed by atoms with Crippen LogP contribution in [0.4, 0.5) is 5.82 Å². The zero-order valence-electron chi connectivity index (χ0n) is 20.4. The van der Waals surface area contributed by atoms with Gasteiger partial charge in [0.05, 0.1) is 22.3 Å². The van der Waals surface area contributed by atoms with E-state index in [-0.39, 0.29) is 34.9 Å². The van der Waals surface area contributed by atoms with E-state index in [2.05, 4.69) is 14.9 Å². The summed E-state index contributed by atoms with van der Waals surface area (Å²) in [4.78, 5) is 4.53. The summed E-state index contributed by atoms with van der Waals surface area (Å²) in [5.74, 6) is 0.822. The third-order valence-corrected chi connectivity index (χ3v) is 7.83. The monoisotopic (exact) mass is 520 g/mol. The van der Waals surface area contributed by atoms with Crippen molar-refractivity contribution >= 4 is 28.2 Å². The first kappa shape index (κ1) is 27.1. The Morgan fingerprint density at radius 2 is 1.77 bits per heavy atom. The third-order valence-electron chi connectivity index (χ3n) is 6.31. The first-order valence-corrected chi connectivity index (χ1v) is 13.0. The molecule has 0 aliphatic heterocycles. The van der Waals surface area contributed by atoms with E-state index in [1.165, 1.54) is 0 Å². The number of hydrogen-bond acceptors (Lipinski definition) is 7. The van der Waals surface area contributed by atoms with E-state index in [9.17, 15) is 13.5 Å². The number of rotatable bonds is 5. The second-order valence-electron chi connectivity index (χ2n) is 10.1. The lowest BCUT2D eigenvalue weighted by atomic mass is 9.92. The van der Waals surface area contributed by atoms with Gasteiger partial charge in [0.1, 0.15) is 5.82 Å². The van der Waals surface area contributed by atoms with E-state index in [4.69, 9.17) is 10.3 Å². The van der Waals surface area contributed by atoms with Gasteiger partial charge in [-0.05, 0) is 61.9 Å². The van der Waals surface area contributed by atoms with Crippen molar-refractivity contribution in [3.63, 3.8) is 0 Å². The van der Waals surface area contributed by atoms with Crippen LogP contribution in [0.5, 0.6) is 0 Å². The predicted molar refractivity (Wildman–Crippen MR) is 139 cm³/mol. The van der Waals surface area contributed by atoms with Crippen LogP contribution in [0.3, 0.4) is 0 Å². The maximum atomic E-state index is 13.1. The van der Waals surface area contributed by atoms with Gasteiger partial charge in [0, 0.05) is 29.3 Å². The molecule has 0 unspecified atom stereocenters. The molecule has 10 heteroatoms. The average molecular weight is 521 g/mol. The van der Waals surface area contributed by atoms with Crippen LogP contribution >= 0.6 is 12.4 Å². The van der Waals surface area contributed by atoms with E-state index < -0.39 is 10.0 Å². The molecule has 1 saturated carbocycles. The molecule has 0 radical (unpaired) electrons. The number of sulfonamides is 1. The zero-order valence-corrected chi connectivity index (χ0v) is 22.0. The Kier molecular flexibility index (Phi) is 7.96. The van der Waals surface area contributed by atoms with Crippen LogP contribution in [0.15, 0.2) is 45.9 Å². The van der Waals surface area contributed by atoms with Gasteiger partial charge in [0.2, 0.25) is 10.0 Å². The van der Waals surface area contributed by atoms with E-state index >= 15 is 0 Å². The second-order valence-corrected chi connectivity index (χ2v) is 11.8. The number of anilines is 1. The molecule has 0 amide bonds. The third kappa shape index (κ3) is 6.03. The fourth-order valence-electron chi connectivity index (χ4n) is 4.14. The Balaban J connectivity index is 0.00000342. The molecule has 0 bridgehead atoms. The Morgan fingerprint density at radius 3 is 2.40 bits per heavy atom. The minimum atomic E-state index is -3.71. The molecule has 2 heterocycles. The van der Waals surface area contributed by atoms with Crippen LogP contribution in [0.1, 0.15) is 57.7 Å². The van der Waals surface area contributed by atoms with Crippen molar-refractivity contribution in [1.82, 2.24) is 14.9 Å². The summed E-state index contributed by atoms with van der Waals surface area (Å²) in [6.07, 6.45) is 3.74. The Labute approximate surface area is 212 Å². The van der Waals surface area contributed by atoms with Gasteiger partial charge in [-0.3, -0.25) is 0 Å². The number of aliphatic hydroxyl groups excluding tert-OH is 1. The van der Waals surface area contributed by atoms with Crippen molar-refractivity contribution in [2.45, 2.75) is 75.8 Å². The van der Waals surface area contributed by atoms with Gasteiger partial charge in [-0.15, -0.1) is 12.4 Å². The number of benzene rings is 1. The summed E-state index contributed by atoms with van der Waals surface area (Å²) in [5.41, 5.74) is 9.76. The minimum absolute atomic E-state index is 0. The summed E-state index contributed by atoms with van der Waals surface area (Å²) in [7, 11) is -3.71. The summed E-state index contributed by atoms with van der Waals surface area (Å²) in [6, 6.07) is 8.59. The number of nitrogens with zero attached hydrogens (tertiary/aromatic N) is 2. The fraction of sp³-hybridized carbons (Fsp3) is 0.440. The number of aromatic nitrogens is 2. The summed E-state index contributed by atoms with van der Waals surface area (Å²) < 4.78 is 34.5. The van der Waals surface area contributed by atoms with Crippen molar-refractivity contribution in [1.29, 1.82) is 0 Å². The molecule has 1 aliphatic carbocycles. The molecule has 4 N–H and O–H groups in total. The maximum absolute atomic E-state index is 13.1. The van der Waals surface area contributed by atoms with Crippen LogP contribution in [0.25, 0.3) is 22.5 Å². The molecule has 4 rings (SSSR count). The van der Waals surface area contributed by atoms with Crippen LogP contribution < -0.4 is 10.5 Å². The standard InChI is InChI=1S/C25H32N4O4S.ClH/c1-15-5-10-19(34(31,32)29-17-6-8-18(30)9-7-17)12-20(15)16-11-21(24(26)27-14-16)22-13-23(28-33-22)25(2,3)4;/h5,10-14,17-18,29-30H,6-9H2,1-4H3,(H2,26,27);1H/t17-,18-;. The number of pyridine rings is 1. The number of nitrogens with two attached hydrogens (primary N) is 1. The van der Waals surface area contributed by atoms with Crippen molar-refractivity contribution < 1.29 is 18.0 Å². The average Bonchev–Trinajstić information content (AvgIpc) is 3.27. The molecule has 2 aromatic heterocycles. The molecule has 35 heavy (non-hydrogen) atoms. The molecule has 3 aromatic rings. The van der Waals surface area contributed by atoms with Crippen molar-refractivity contribution in [2.75, 3.05) is 5.73 Å².